The zero-order valence-electron chi connectivity index (χ0n) is 14.8. The van der Waals surface area contributed by atoms with Crippen LogP contribution in [0, 0.1) is 5.92 Å². The third kappa shape index (κ3) is 3.93. The number of esters is 1. The summed E-state index contributed by atoms with van der Waals surface area (Å²) in [5, 5.41) is 2.84. The first-order chi connectivity index (χ1) is 12.0. The third-order valence-corrected chi connectivity index (χ3v) is 5.85. The number of ether oxygens (including phenoxy) is 1. The number of carbonyl (C=O) groups excluding carboxylic acids is 2. The fraction of sp³-hybridized carbons (Fsp3) is 0.400. The maximum absolute atomic E-state index is 12.3. The molecule has 5 heteroatoms. The SMILES string of the molecule is CC(C)[C@H](C)NC(=O)COC(=O)c1cc2c(s1)-c1ccccc1CC2. The molecule has 1 N–H and O–H groups in total. The summed E-state index contributed by atoms with van der Waals surface area (Å²) in [5.41, 5.74) is 3.71. The molecule has 3 rings (SSSR count). The minimum Gasteiger partial charge on any atom is -0.451 e. The van der Waals surface area contributed by atoms with E-state index in [4.69, 9.17) is 4.74 Å². The molecule has 0 saturated carbocycles. The van der Waals surface area contributed by atoms with Gasteiger partial charge in [0.15, 0.2) is 6.61 Å². The van der Waals surface area contributed by atoms with Crippen molar-refractivity contribution < 1.29 is 14.3 Å². The van der Waals surface area contributed by atoms with Gasteiger partial charge in [-0.05, 0) is 48.4 Å². The van der Waals surface area contributed by atoms with Gasteiger partial charge in [0.05, 0.1) is 0 Å². The topological polar surface area (TPSA) is 55.4 Å². The lowest BCUT2D eigenvalue weighted by Crippen LogP contribution is -2.38. The van der Waals surface area contributed by atoms with Crippen LogP contribution in [0.1, 0.15) is 41.6 Å². The van der Waals surface area contributed by atoms with Crippen LogP contribution in [0.15, 0.2) is 30.3 Å². The highest BCUT2D eigenvalue weighted by Gasteiger charge is 2.22. The van der Waals surface area contributed by atoms with Crippen LogP contribution in [0.5, 0.6) is 0 Å². The van der Waals surface area contributed by atoms with Crippen LogP contribution < -0.4 is 5.32 Å². The number of thiophene rings is 1. The molecule has 1 atom stereocenters. The molecule has 0 radical (unpaired) electrons. The Labute approximate surface area is 152 Å². The summed E-state index contributed by atoms with van der Waals surface area (Å²) < 4.78 is 5.20. The largest absolute Gasteiger partial charge is 0.451 e. The highest BCUT2D eigenvalue weighted by atomic mass is 32.1. The van der Waals surface area contributed by atoms with Crippen molar-refractivity contribution in [2.45, 2.75) is 39.7 Å². The predicted octanol–water partition coefficient (Wildman–Crippen LogP) is 3.83. The molecule has 1 heterocycles. The van der Waals surface area contributed by atoms with Crippen molar-refractivity contribution in [1.82, 2.24) is 5.32 Å². The molecule has 0 spiro atoms. The molecule has 132 valence electrons. The lowest BCUT2D eigenvalue weighted by Gasteiger charge is -2.17. The highest BCUT2D eigenvalue weighted by Crippen LogP contribution is 2.39. The highest BCUT2D eigenvalue weighted by molar-refractivity contribution is 7.17. The molecule has 1 aromatic heterocycles. The van der Waals surface area contributed by atoms with E-state index in [-0.39, 0.29) is 18.6 Å². The van der Waals surface area contributed by atoms with Gasteiger partial charge in [-0.3, -0.25) is 4.79 Å². The van der Waals surface area contributed by atoms with Crippen molar-refractivity contribution in [3.8, 4) is 10.4 Å². The van der Waals surface area contributed by atoms with Crippen LogP contribution in [0.25, 0.3) is 10.4 Å². The predicted molar refractivity (Wildman–Crippen MR) is 99.9 cm³/mol. The lowest BCUT2D eigenvalue weighted by atomic mass is 9.91. The third-order valence-electron chi connectivity index (χ3n) is 4.66. The molecule has 1 aromatic carbocycles. The Kier molecular flexibility index (Phi) is 5.23. The number of nitrogens with one attached hydrogen (secondary N) is 1. The molecular formula is C20H23NO3S. The second-order valence-corrected chi connectivity index (χ2v) is 7.85. The Morgan fingerprint density at radius 1 is 1.16 bits per heavy atom. The standard InChI is InChI=1S/C20H23NO3S/c1-12(2)13(3)21-18(22)11-24-20(23)17-10-15-9-8-14-6-4-5-7-16(14)19(15)25-17/h4-7,10,12-13H,8-9,11H2,1-3H3,(H,21,22)/t13-/m0/s1. The smallest absolute Gasteiger partial charge is 0.348 e. The summed E-state index contributed by atoms with van der Waals surface area (Å²) in [6, 6.07) is 10.3. The number of hydrogen-bond donors (Lipinski definition) is 1. The van der Waals surface area contributed by atoms with Gasteiger partial charge in [-0.25, -0.2) is 4.79 Å². The summed E-state index contributed by atoms with van der Waals surface area (Å²) in [6.45, 7) is 5.76. The normalized spacial score (nSPS) is 13.8. The Morgan fingerprint density at radius 3 is 2.64 bits per heavy atom. The van der Waals surface area contributed by atoms with Gasteiger partial charge in [-0.2, -0.15) is 0 Å². The van der Waals surface area contributed by atoms with Crippen LogP contribution in [-0.4, -0.2) is 24.5 Å². The summed E-state index contributed by atoms with van der Waals surface area (Å²) in [6.07, 6.45) is 1.92. The number of rotatable bonds is 5. The molecule has 1 aliphatic carbocycles. The quantitative estimate of drug-likeness (QED) is 0.828. The molecular weight excluding hydrogens is 334 g/mol. The minimum absolute atomic E-state index is 0.0526. The molecule has 0 aliphatic heterocycles. The number of benzene rings is 1. The van der Waals surface area contributed by atoms with Crippen molar-refractivity contribution in [2.75, 3.05) is 6.61 Å². The molecule has 0 saturated heterocycles. The second-order valence-electron chi connectivity index (χ2n) is 6.80. The number of aryl methyl sites for hydroxylation is 2. The average molecular weight is 357 g/mol. The Hall–Kier alpha value is -2.14. The van der Waals surface area contributed by atoms with E-state index < -0.39 is 5.97 Å². The fourth-order valence-corrected chi connectivity index (χ4v) is 4.00. The van der Waals surface area contributed by atoms with E-state index in [0.29, 0.717) is 10.8 Å². The first-order valence-corrected chi connectivity index (χ1v) is 9.45. The summed E-state index contributed by atoms with van der Waals surface area (Å²) >= 11 is 1.45. The van der Waals surface area contributed by atoms with E-state index >= 15 is 0 Å². The zero-order chi connectivity index (χ0) is 18.0. The van der Waals surface area contributed by atoms with Gasteiger partial charge in [0, 0.05) is 10.9 Å². The van der Waals surface area contributed by atoms with Gasteiger partial charge in [0.2, 0.25) is 0 Å². The van der Waals surface area contributed by atoms with E-state index in [1.807, 2.05) is 39.0 Å². The summed E-state index contributed by atoms with van der Waals surface area (Å²) in [5.74, 6) is -0.353. The monoisotopic (exact) mass is 357 g/mol. The van der Waals surface area contributed by atoms with Crippen LogP contribution in [0.3, 0.4) is 0 Å². The van der Waals surface area contributed by atoms with E-state index in [2.05, 4.69) is 17.4 Å². The fourth-order valence-electron chi connectivity index (χ4n) is 2.84. The molecule has 0 bridgehead atoms. The van der Waals surface area contributed by atoms with Crippen molar-refractivity contribution in [3.05, 3.63) is 46.3 Å². The van der Waals surface area contributed by atoms with Crippen LogP contribution in [0.2, 0.25) is 0 Å². The Morgan fingerprint density at radius 2 is 1.88 bits per heavy atom. The lowest BCUT2D eigenvalue weighted by molar-refractivity contribution is -0.125. The molecule has 2 aromatic rings. The van der Waals surface area contributed by atoms with Gasteiger partial charge in [0.1, 0.15) is 4.88 Å². The van der Waals surface area contributed by atoms with Crippen LogP contribution >= 0.6 is 11.3 Å². The molecule has 0 unspecified atom stereocenters. The first-order valence-electron chi connectivity index (χ1n) is 8.63. The molecule has 1 aliphatic rings. The Balaban J connectivity index is 1.65. The van der Waals surface area contributed by atoms with Gasteiger partial charge in [-0.1, -0.05) is 38.1 Å². The van der Waals surface area contributed by atoms with E-state index in [1.54, 1.807) is 0 Å². The maximum atomic E-state index is 12.3. The second kappa shape index (κ2) is 7.40. The van der Waals surface area contributed by atoms with Crippen molar-refractivity contribution in [1.29, 1.82) is 0 Å². The number of carbonyl (C=O) groups is 2. The molecule has 4 nitrogen and oxygen atoms in total. The molecule has 1 amide bonds. The van der Waals surface area contributed by atoms with Crippen molar-refractivity contribution >= 4 is 23.2 Å². The number of fused-ring (bicyclic) bond motifs is 3. The molecule has 25 heavy (non-hydrogen) atoms. The maximum Gasteiger partial charge on any atom is 0.348 e. The summed E-state index contributed by atoms with van der Waals surface area (Å²) in [7, 11) is 0. The number of hydrogen-bond acceptors (Lipinski definition) is 4. The van der Waals surface area contributed by atoms with Crippen LogP contribution in [0.4, 0.5) is 0 Å². The van der Waals surface area contributed by atoms with E-state index in [0.717, 1.165) is 17.7 Å². The van der Waals surface area contributed by atoms with Crippen LogP contribution in [-0.2, 0) is 22.4 Å². The van der Waals surface area contributed by atoms with E-state index in [1.165, 1.54) is 28.0 Å². The molecule has 0 fully saturated rings. The first kappa shape index (κ1) is 17.7. The van der Waals surface area contributed by atoms with E-state index in [9.17, 15) is 9.59 Å². The van der Waals surface area contributed by atoms with Gasteiger partial charge in [0.25, 0.3) is 5.91 Å². The zero-order valence-corrected chi connectivity index (χ0v) is 15.6. The Bertz CT molecular complexity index is 794. The van der Waals surface area contributed by atoms with Crippen molar-refractivity contribution in [2.24, 2.45) is 5.92 Å². The van der Waals surface area contributed by atoms with Crippen molar-refractivity contribution in [3.63, 3.8) is 0 Å². The van der Waals surface area contributed by atoms with Gasteiger partial charge >= 0.3 is 5.97 Å². The number of amides is 1. The van der Waals surface area contributed by atoms with Gasteiger partial charge < -0.3 is 10.1 Å². The van der Waals surface area contributed by atoms with Gasteiger partial charge in [-0.15, -0.1) is 11.3 Å². The average Bonchev–Trinajstić information content (AvgIpc) is 3.04. The minimum atomic E-state index is -0.427. The summed E-state index contributed by atoms with van der Waals surface area (Å²) in [4.78, 5) is 25.9.